The quantitative estimate of drug-likeness (QED) is 0.406. The molecule has 2 rings (SSSR count). The maximum atomic E-state index is 5.59. The van der Waals surface area contributed by atoms with Crippen molar-refractivity contribution in [3.05, 3.63) is 23.8 Å². The minimum absolute atomic E-state index is 0. The Kier molecular flexibility index (Phi) is 8.37. The number of hydrogen-bond acceptors (Lipinski definition) is 3. The Hall–Kier alpha value is -1.18. The number of halogens is 1. The van der Waals surface area contributed by atoms with Gasteiger partial charge in [0.2, 0.25) is 0 Å². The molecule has 0 unspecified atom stereocenters. The van der Waals surface area contributed by atoms with E-state index in [-0.39, 0.29) is 24.0 Å². The lowest BCUT2D eigenvalue weighted by atomic mass is 10.2. The summed E-state index contributed by atoms with van der Waals surface area (Å²) in [6, 6.07) is 6.53. The first-order valence-electron chi connectivity index (χ1n) is 7.61. The van der Waals surface area contributed by atoms with Crippen LogP contribution in [0, 0.1) is 0 Å². The van der Waals surface area contributed by atoms with Crippen molar-refractivity contribution in [3.8, 4) is 11.5 Å². The second-order valence-electron chi connectivity index (χ2n) is 5.03. The molecule has 0 amide bonds. The minimum atomic E-state index is 0. The minimum Gasteiger partial charge on any atom is -0.493 e. The molecule has 2 N–H and O–H groups in total. The maximum absolute atomic E-state index is 5.59. The highest BCUT2D eigenvalue weighted by Gasteiger charge is 2.22. The molecular formula is C16H26IN3O2. The van der Waals surface area contributed by atoms with Crippen LogP contribution in [0.3, 0.4) is 0 Å². The van der Waals surface area contributed by atoms with E-state index in [1.54, 1.807) is 7.11 Å². The van der Waals surface area contributed by atoms with E-state index in [1.165, 1.54) is 12.8 Å². The van der Waals surface area contributed by atoms with Crippen LogP contribution in [0.15, 0.2) is 23.2 Å². The van der Waals surface area contributed by atoms with Crippen molar-refractivity contribution in [2.45, 2.75) is 39.3 Å². The molecular weight excluding hydrogens is 393 g/mol. The fourth-order valence-electron chi connectivity index (χ4n) is 2.00. The van der Waals surface area contributed by atoms with Crippen LogP contribution < -0.4 is 20.1 Å². The van der Waals surface area contributed by atoms with Crippen molar-refractivity contribution in [2.24, 2.45) is 4.99 Å². The zero-order valence-electron chi connectivity index (χ0n) is 13.5. The number of methoxy groups -OCH3 is 1. The summed E-state index contributed by atoms with van der Waals surface area (Å²) in [5.41, 5.74) is 1.10. The molecule has 1 aromatic carbocycles. The average Bonchev–Trinajstić information content (AvgIpc) is 3.29. The van der Waals surface area contributed by atoms with Gasteiger partial charge in [-0.15, -0.1) is 24.0 Å². The van der Waals surface area contributed by atoms with Crippen LogP contribution in [0.2, 0.25) is 0 Å². The predicted molar refractivity (Wildman–Crippen MR) is 101 cm³/mol. The second kappa shape index (κ2) is 9.76. The maximum Gasteiger partial charge on any atom is 0.191 e. The molecule has 0 radical (unpaired) electrons. The van der Waals surface area contributed by atoms with Crippen molar-refractivity contribution in [1.82, 2.24) is 10.6 Å². The van der Waals surface area contributed by atoms with Gasteiger partial charge in [0, 0.05) is 12.6 Å². The summed E-state index contributed by atoms with van der Waals surface area (Å²) >= 11 is 0. The molecule has 1 aliphatic carbocycles. The van der Waals surface area contributed by atoms with Crippen molar-refractivity contribution in [2.75, 3.05) is 20.3 Å². The molecule has 0 aromatic heterocycles. The highest BCUT2D eigenvalue weighted by molar-refractivity contribution is 14.0. The highest BCUT2D eigenvalue weighted by Crippen LogP contribution is 2.28. The molecule has 22 heavy (non-hydrogen) atoms. The van der Waals surface area contributed by atoms with Crippen LogP contribution in [0.4, 0.5) is 0 Å². The molecule has 6 heteroatoms. The lowest BCUT2D eigenvalue weighted by Gasteiger charge is -2.12. The SMILES string of the molecule is CCNC(=NCc1ccc(OC)c(OCC)c1)NC1CC1.I. The molecule has 1 aliphatic rings. The standard InChI is InChI=1S/C16H25N3O2.HI/c1-4-17-16(19-13-7-8-13)18-11-12-6-9-14(20-3)15(10-12)21-5-2;/h6,9-10,13H,4-5,7-8,11H2,1-3H3,(H2,17,18,19);1H. The first-order chi connectivity index (χ1) is 10.3. The van der Waals surface area contributed by atoms with E-state index in [1.807, 2.05) is 25.1 Å². The summed E-state index contributed by atoms with van der Waals surface area (Å²) in [6.07, 6.45) is 2.48. The molecule has 124 valence electrons. The Bertz CT molecular complexity index is 490. The zero-order valence-corrected chi connectivity index (χ0v) is 15.8. The van der Waals surface area contributed by atoms with E-state index in [4.69, 9.17) is 9.47 Å². The summed E-state index contributed by atoms with van der Waals surface area (Å²) in [5, 5.41) is 6.68. The Morgan fingerprint density at radius 3 is 2.64 bits per heavy atom. The van der Waals surface area contributed by atoms with Gasteiger partial charge in [0.1, 0.15) is 0 Å². The molecule has 5 nitrogen and oxygen atoms in total. The molecule has 1 fully saturated rings. The van der Waals surface area contributed by atoms with Crippen LogP contribution in [0.1, 0.15) is 32.3 Å². The topological polar surface area (TPSA) is 54.9 Å². The number of nitrogens with one attached hydrogen (secondary N) is 2. The second-order valence-corrected chi connectivity index (χ2v) is 5.03. The van der Waals surface area contributed by atoms with Crippen molar-refractivity contribution >= 4 is 29.9 Å². The lowest BCUT2D eigenvalue weighted by Crippen LogP contribution is -2.38. The number of aliphatic imine (C=N–C) groups is 1. The van der Waals surface area contributed by atoms with Gasteiger partial charge in [-0.05, 0) is 44.4 Å². The number of rotatable bonds is 7. The van der Waals surface area contributed by atoms with Crippen molar-refractivity contribution < 1.29 is 9.47 Å². The first-order valence-corrected chi connectivity index (χ1v) is 7.61. The van der Waals surface area contributed by atoms with Gasteiger partial charge in [0.25, 0.3) is 0 Å². The molecule has 1 aromatic rings. The Balaban J connectivity index is 0.00000242. The number of nitrogens with zero attached hydrogens (tertiary/aromatic N) is 1. The number of guanidine groups is 1. The Morgan fingerprint density at radius 1 is 1.27 bits per heavy atom. The molecule has 0 heterocycles. The fourth-order valence-corrected chi connectivity index (χ4v) is 2.00. The number of benzene rings is 1. The van der Waals surface area contributed by atoms with Gasteiger partial charge in [-0.2, -0.15) is 0 Å². The lowest BCUT2D eigenvalue weighted by molar-refractivity contribution is 0.310. The Morgan fingerprint density at radius 2 is 2.05 bits per heavy atom. The summed E-state index contributed by atoms with van der Waals surface area (Å²) in [7, 11) is 1.65. The summed E-state index contributed by atoms with van der Waals surface area (Å²) in [6.45, 7) is 6.14. The van der Waals surface area contributed by atoms with Gasteiger partial charge >= 0.3 is 0 Å². The van der Waals surface area contributed by atoms with Gasteiger partial charge in [-0.1, -0.05) is 6.07 Å². The molecule has 0 bridgehead atoms. The van der Waals surface area contributed by atoms with Crippen LogP contribution in [0.5, 0.6) is 11.5 Å². The number of ether oxygens (including phenoxy) is 2. The van der Waals surface area contributed by atoms with E-state index < -0.39 is 0 Å². The zero-order chi connectivity index (χ0) is 15.1. The smallest absolute Gasteiger partial charge is 0.191 e. The van der Waals surface area contributed by atoms with Gasteiger partial charge in [0.05, 0.1) is 20.3 Å². The molecule has 0 spiro atoms. The van der Waals surface area contributed by atoms with Gasteiger partial charge in [-0.3, -0.25) is 0 Å². The van der Waals surface area contributed by atoms with Crippen LogP contribution in [0.25, 0.3) is 0 Å². The first kappa shape index (κ1) is 18.9. The van der Waals surface area contributed by atoms with E-state index in [0.29, 0.717) is 19.2 Å². The van der Waals surface area contributed by atoms with Gasteiger partial charge in [0.15, 0.2) is 17.5 Å². The average molecular weight is 419 g/mol. The molecule has 0 atom stereocenters. The molecule has 0 aliphatic heterocycles. The monoisotopic (exact) mass is 419 g/mol. The van der Waals surface area contributed by atoms with Gasteiger partial charge < -0.3 is 20.1 Å². The summed E-state index contributed by atoms with van der Waals surface area (Å²) < 4.78 is 10.9. The van der Waals surface area contributed by atoms with Crippen molar-refractivity contribution in [3.63, 3.8) is 0 Å². The summed E-state index contributed by atoms with van der Waals surface area (Å²) in [4.78, 5) is 4.62. The fraction of sp³-hybridized carbons (Fsp3) is 0.562. The predicted octanol–water partition coefficient (Wildman–Crippen LogP) is 2.93. The summed E-state index contributed by atoms with van der Waals surface area (Å²) in [5.74, 6) is 2.41. The third kappa shape index (κ3) is 5.90. The van der Waals surface area contributed by atoms with Crippen LogP contribution in [-0.4, -0.2) is 32.3 Å². The van der Waals surface area contributed by atoms with E-state index >= 15 is 0 Å². The normalized spacial score (nSPS) is 14.0. The van der Waals surface area contributed by atoms with Gasteiger partial charge in [-0.25, -0.2) is 4.99 Å². The van der Waals surface area contributed by atoms with Crippen molar-refractivity contribution in [1.29, 1.82) is 0 Å². The number of hydrogen-bond donors (Lipinski definition) is 2. The Labute approximate surface area is 149 Å². The van der Waals surface area contributed by atoms with E-state index in [9.17, 15) is 0 Å². The largest absolute Gasteiger partial charge is 0.493 e. The molecule has 0 saturated heterocycles. The third-order valence-electron chi connectivity index (χ3n) is 3.21. The van der Waals surface area contributed by atoms with E-state index in [2.05, 4.69) is 22.5 Å². The molecule has 1 saturated carbocycles. The van der Waals surface area contributed by atoms with Crippen LogP contribution >= 0.6 is 24.0 Å². The van der Waals surface area contributed by atoms with Crippen LogP contribution in [-0.2, 0) is 6.54 Å². The van der Waals surface area contributed by atoms with E-state index in [0.717, 1.165) is 29.6 Å². The third-order valence-corrected chi connectivity index (χ3v) is 3.21. The highest BCUT2D eigenvalue weighted by atomic mass is 127.